The van der Waals surface area contributed by atoms with E-state index >= 15 is 0 Å². The van der Waals surface area contributed by atoms with Crippen molar-refractivity contribution in [2.75, 3.05) is 26.0 Å². The van der Waals surface area contributed by atoms with Crippen LogP contribution in [-0.2, 0) is 11.8 Å². The van der Waals surface area contributed by atoms with Crippen molar-refractivity contribution < 1.29 is 14.6 Å². The molecule has 1 aliphatic heterocycles. The number of piperidine rings is 1. The van der Waals surface area contributed by atoms with Gasteiger partial charge in [0, 0.05) is 37.4 Å². The first-order chi connectivity index (χ1) is 12.6. The summed E-state index contributed by atoms with van der Waals surface area (Å²) in [7, 11) is 3.53. The average Bonchev–Trinajstić information content (AvgIpc) is 3.11. The molecule has 6 nitrogen and oxygen atoms in total. The minimum Gasteiger partial charge on any atom is -0.497 e. The van der Waals surface area contributed by atoms with Crippen LogP contribution in [-0.4, -0.2) is 51.4 Å². The number of carbonyl (C=O) groups is 1. The van der Waals surface area contributed by atoms with Crippen LogP contribution in [0.2, 0.25) is 0 Å². The third kappa shape index (κ3) is 4.40. The summed E-state index contributed by atoms with van der Waals surface area (Å²) < 4.78 is 7.07. The van der Waals surface area contributed by atoms with E-state index in [9.17, 15) is 9.90 Å². The topological polar surface area (TPSA) is 67.6 Å². The van der Waals surface area contributed by atoms with Gasteiger partial charge in [-0.15, -0.1) is 11.8 Å². The number of rotatable bonds is 6. The molecule has 1 aliphatic rings. The minimum absolute atomic E-state index is 0.141. The molecule has 1 atom stereocenters. The molecular formula is C19H25N3O3S. The van der Waals surface area contributed by atoms with Crippen molar-refractivity contribution in [2.24, 2.45) is 13.0 Å². The van der Waals surface area contributed by atoms with E-state index in [1.165, 1.54) is 11.8 Å². The molecule has 2 aromatic rings. The fourth-order valence-corrected chi connectivity index (χ4v) is 4.11. The van der Waals surface area contributed by atoms with Gasteiger partial charge in [0.05, 0.1) is 12.9 Å². The van der Waals surface area contributed by atoms with Crippen LogP contribution in [0, 0.1) is 5.92 Å². The van der Waals surface area contributed by atoms with Gasteiger partial charge in [-0.2, -0.15) is 0 Å². The SMILES string of the molecule is COc1cccc(SCC(=O)N2CCC([C@H](O)c3nccn3C)CC2)c1. The van der Waals surface area contributed by atoms with E-state index in [2.05, 4.69) is 4.98 Å². The second kappa shape index (κ2) is 8.60. The Morgan fingerprint density at radius 1 is 1.42 bits per heavy atom. The number of aryl methyl sites for hydroxylation is 1. The number of aliphatic hydroxyl groups excluding tert-OH is 1. The molecule has 3 rings (SSSR count). The number of aromatic nitrogens is 2. The first kappa shape index (κ1) is 18.8. The molecule has 0 saturated carbocycles. The normalized spacial score (nSPS) is 16.5. The van der Waals surface area contributed by atoms with E-state index in [1.54, 1.807) is 13.3 Å². The number of aliphatic hydroxyl groups is 1. The van der Waals surface area contributed by atoms with Crippen LogP contribution < -0.4 is 4.74 Å². The first-order valence-electron chi connectivity index (χ1n) is 8.78. The fraction of sp³-hybridized carbons (Fsp3) is 0.474. The van der Waals surface area contributed by atoms with Crippen LogP contribution in [0.1, 0.15) is 24.8 Å². The molecule has 1 N–H and O–H groups in total. The predicted molar refractivity (Wildman–Crippen MR) is 101 cm³/mol. The zero-order valence-electron chi connectivity index (χ0n) is 15.2. The Kier molecular flexibility index (Phi) is 6.21. The minimum atomic E-state index is -0.571. The monoisotopic (exact) mass is 375 g/mol. The standard InChI is InChI=1S/C19H25N3O3S/c1-21-11-8-20-19(21)18(24)14-6-9-22(10-7-14)17(23)13-26-16-5-3-4-15(12-16)25-2/h3-5,8,11-12,14,18,24H,6-7,9-10,13H2,1-2H3/t18-/m0/s1. The zero-order valence-corrected chi connectivity index (χ0v) is 16.0. The molecule has 1 amide bonds. The van der Waals surface area contributed by atoms with E-state index in [-0.39, 0.29) is 11.8 Å². The number of imidazole rings is 1. The second-order valence-corrected chi connectivity index (χ2v) is 7.58. The van der Waals surface area contributed by atoms with Gasteiger partial charge in [0.25, 0.3) is 0 Å². The summed E-state index contributed by atoms with van der Waals surface area (Å²) in [6.07, 6.45) is 4.56. The number of ether oxygens (including phenoxy) is 1. The van der Waals surface area contributed by atoms with E-state index in [4.69, 9.17) is 4.74 Å². The van der Waals surface area contributed by atoms with Gasteiger partial charge in [-0.05, 0) is 37.0 Å². The number of amides is 1. The lowest BCUT2D eigenvalue weighted by Crippen LogP contribution is -2.40. The van der Waals surface area contributed by atoms with Gasteiger partial charge in [0.1, 0.15) is 17.7 Å². The van der Waals surface area contributed by atoms with Gasteiger partial charge in [-0.1, -0.05) is 6.07 Å². The van der Waals surface area contributed by atoms with Crippen molar-refractivity contribution >= 4 is 17.7 Å². The van der Waals surface area contributed by atoms with Crippen LogP contribution in [0.15, 0.2) is 41.6 Å². The first-order valence-corrected chi connectivity index (χ1v) is 9.77. The van der Waals surface area contributed by atoms with Crippen molar-refractivity contribution in [3.63, 3.8) is 0 Å². The number of hydrogen-bond donors (Lipinski definition) is 1. The quantitative estimate of drug-likeness (QED) is 0.786. The smallest absolute Gasteiger partial charge is 0.232 e. The summed E-state index contributed by atoms with van der Waals surface area (Å²) >= 11 is 1.52. The Labute approximate surface area is 158 Å². The number of likely N-dealkylation sites (tertiary alicyclic amines) is 1. The Morgan fingerprint density at radius 3 is 2.85 bits per heavy atom. The maximum Gasteiger partial charge on any atom is 0.232 e. The molecule has 0 unspecified atom stereocenters. The van der Waals surface area contributed by atoms with Crippen LogP contribution in [0.25, 0.3) is 0 Å². The van der Waals surface area contributed by atoms with Gasteiger partial charge in [0.15, 0.2) is 0 Å². The highest BCUT2D eigenvalue weighted by Gasteiger charge is 2.29. The van der Waals surface area contributed by atoms with Crippen LogP contribution >= 0.6 is 11.8 Å². The van der Waals surface area contributed by atoms with Crippen molar-refractivity contribution in [2.45, 2.75) is 23.8 Å². The Balaban J connectivity index is 1.48. The molecule has 140 valence electrons. The molecule has 1 fully saturated rings. The maximum absolute atomic E-state index is 12.5. The van der Waals surface area contributed by atoms with Crippen molar-refractivity contribution in [1.82, 2.24) is 14.5 Å². The van der Waals surface area contributed by atoms with Gasteiger partial charge >= 0.3 is 0 Å². The Morgan fingerprint density at radius 2 is 2.19 bits per heavy atom. The molecule has 1 saturated heterocycles. The highest BCUT2D eigenvalue weighted by atomic mass is 32.2. The molecule has 1 aromatic heterocycles. The van der Waals surface area contributed by atoms with Crippen LogP contribution in [0.3, 0.4) is 0 Å². The zero-order chi connectivity index (χ0) is 18.5. The summed E-state index contributed by atoms with van der Waals surface area (Å²) in [5.41, 5.74) is 0. The van der Waals surface area contributed by atoms with E-state index in [1.807, 2.05) is 47.0 Å². The third-order valence-electron chi connectivity index (χ3n) is 4.87. The molecule has 0 aliphatic carbocycles. The molecule has 7 heteroatoms. The summed E-state index contributed by atoms with van der Waals surface area (Å²) in [4.78, 5) is 19.6. The summed E-state index contributed by atoms with van der Waals surface area (Å²) in [5.74, 6) is 2.20. The molecule has 0 radical (unpaired) electrons. The largest absolute Gasteiger partial charge is 0.497 e. The van der Waals surface area contributed by atoms with Crippen LogP contribution in [0.4, 0.5) is 0 Å². The van der Waals surface area contributed by atoms with Crippen LogP contribution in [0.5, 0.6) is 5.75 Å². The van der Waals surface area contributed by atoms with Gasteiger partial charge < -0.3 is 19.3 Å². The molecule has 0 spiro atoms. The lowest BCUT2D eigenvalue weighted by Gasteiger charge is -2.34. The number of carbonyl (C=O) groups excluding carboxylic acids is 1. The lowest BCUT2D eigenvalue weighted by atomic mass is 9.90. The number of methoxy groups -OCH3 is 1. The Hall–Kier alpha value is -1.99. The molecular weight excluding hydrogens is 350 g/mol. The molecule has 0 bridgehead atoms. The number of thioether (sulfide) groups is 1. The second-order valence-electron chi connectivity index (χ2n) is 6.53. The van der Waals surface area contributed by atoms with Gasteiger partial charge in [0.2, 0.25) is 5.91 Å². The molecule has 1 aromatic carbocycles. The molecule has 2 heterocycles. The van der Waals surface area contributed by atoms with Gasteiger partial charge in [-0.3, -0.25) is 4.79 Å². The fourth-order valence-electron chi connectivity index (χ4n) is 3.26. The van der Waals surface area contributed by atoms with E-state index in [0.29, 0.717) is 24.7 Å². The van der Waals surface area contributed by atoms with Crippen molar-refractivity contribution in [3.05, 3.63) is 42.5 Å². The molecule has 26 heavy (non-hydrogen) atoms. The maximum atomic E-state index is 12.5. The highest BCUT2D eigenvalue weighted by molar-refractivity contribution is 8.00. The Bertz CT molecular complexity index is 741. The van der Waals surface area contributed by atoms with E-state index < -0.39 is 6.10 Å². The highest BCUT2D eigenvalue weighted by Crippen LogP contribution is 2.30. The third-order valence-corrected chi connectivity index (χ3v) is 5.84. The van der Waals surface area contributed by atoms with Crippen molar-refractivity contribution in [1.29, 1.82) is 0 Å². The summed E-state index contributed by atoms with van der Waals surface area (Å²) in [6.45, 7) is 1.37. The van der Waals surface area contributed by atoms with Gasteiger partial charge in [-0.25, -0.2) is 4.98 Å². The summed E-state index contributed by atoms with van der Waals surface area (Å²) in [6, 6.07) is 7.74. The average molecular weight is 375 g/mol. The lowest BCUT2D eigenvalue weighted by molar-refractivity contribution is -0.130. The van der Waals surface area contributed by atoms with Crippen molar-refractivity contribution in [3.8, 4) is 5.75 Å². The summed E-state index contributed by atoms with van der Waals surface area (Å²) in [5, 5.41) is 10.5. The van der Waals surface area contributed by atoms with E-state index in [0.717, 1.165) is 23.5 Å². The number of hydrogen-bond acceptors (Lipinski definition) is 5. The predicted octanol–water partition coefficient (Wildman–Crippen LogP) is 2.49. The number of benzene rings is 1. The number of nitrogens with zero attached hydrogens (tertiary/aromatic N) is 3.